The maximum Gasteiger partial charge on any atom is 0.226 e. The third-order valence-corrected chi connectivity index (χ3v) is 3.11. The van der Waals surface area contributed by atoms with Crippen molar-refractivity contribution in [3.63, 3.8) is 0 Å². The summed E-state index contributed by atoms with van der Waals surface area (Å²) < 4.78 is 1.98. The van der Waals surface area contributed by atoms with Gasteiger partial charge in [-0.1, -0.05) is 0 Å². The first-order chi connectivity index (χ1) is 8.74. The molecular weight excluding hydrogens is 250 g/mol. The van der Waals surface area contributed by atoms with E-state index in [0.29, 0.717) is 18.1 Å². The molecule has 3 N–H and O–H groups in total. The average molecular weight is 265 g/mol. The zero-order valence-corrected chi connectivity index (χ0v) is 10.7. The molecule has 0 spiro atoms. The van der Waals surface area contributed by atoms with Crippen LogP contribution in [0.5, 0.6) is 0 Å². The van der Waals surface area contributed by atoms with E-state index in [0.717, 1.165) is 18.7 Å². The van der Waals surface area contributed by atoms with Crippen molar-refractivity contribution in [2.45, 2.75) is 19.4 Å². The maximum atomic E-state index is 11.6. The van der Waals surface area contributed by atoms with Gasteiger partial charge in [-0.25, -0.2) is 9.97 Å². The van der Waals surface area contributed by atoms with Gasteiger partial charge in [-0.3, -0.25) is 4.79 Å². The highest BCUT2D eigenvalue weighted by molar-refractivity contribution is 7.13. The lowest BCUT2D eigenvalue weighted by atomic mass is 10.3. The highest BCUT2D eigenvalue weighted by atomic mass is 32.1. The van der Waals surface area contributed by atoms with Crippen molar-refractivity contribution in [1.29, 1.82) is 0 Å². The first-order valence-electron chi connectivity index (χ1n) is 5.66. The van der Waals surface area contributed by atoms with Gasteiger partial charge in [-0.05, 0) is 6.42 Å². The first-order valence-corrected chi connectivity index (χ1v) is 6.54. The van der Waals surface area contributed by atoms with Crippen molar-refractivity contribution in [1.82, 2.24) is 19.9 Å². The Bertz CT molecular complexity index is 493. The van der Waals surface area contributed by atoms with Crippen LogP contribution in [0.2, 0.25) is 0 Å². The van der Waals surface area contributed by atoms with E-state index in [1.54, 1.807) is 17.9 Å². The quantitative estimate of drug-likeness (QED) is 0.752. The van der Waals surface area contributed by atoms with Crippen LogP contribution in [0.15, 0.2) is 24.1 Å². The van der Waals surface area contributed by atoms with Gasteiger partial charge in [0, 0.05) is 30.9 Å². The van der Waals surface area contributed by atoms with Gasteiger partial charge in [-0.15, -0.1) is 11.3 Å². The number of aromatic nitrogens is 3. The molecule has 96 valence electrons. The Labute approximate surface area is 109 Å². The van der Waals surface area contributed by atoms with Crippen molar-refractivity contribution in [3.8, 4) is 0 Å². The molecule has 0 saturated carbocycles. The number of amides is 1. The predicted molar refractivity (Wildman–Crippen MR) is 70.1 cm³/mol. The van der Waals surface area contributed by atoms with Crippen molar-refractivity contribution >= 4 is 22.4 Å². The Morgan fingerprint density at radius 1 is 1.56 bits per heavy atom. The molecule has 0 radical (unpaired) electrons. The number of nitrogens with two attached hydrogens (primary N) is 1. The van der Waals surface area contributed by atoms with Crippen molar-refractivity contribution in [3.05, 3.63) is 29.8 Å². The second-order valence-corrected chi connectivity index (χ2v) is 4.75. The van der Waals surface area contributed by atoms with Crippen LogP contribution < -0.4 is 11.1 Å². The Hall–Kier alpha value is -1.89. The fourth-order valence-corrected chi connectivity index (χ4v) is 2.10. The minimum absolute atomic E-state index is 0.0223. The minimum Gasteiger partial charge on any atom is -0.375 e. The SMILES string of the molecule is Nc1nc(CC(=O)NCCCn2ccnc2)cs1. The van der Waals surface area contributed by atoms with Gasteiger partial charge in [0.2, 0.25) is 5.91 Å². The zero-order chi connectivity index (χ0) is 12.8. The highest BCUT2D eigenvalue weighted by Crippen LogP contribution is 2.11. The van der Waals surface area contributed by atoms with Crippen LogP contribution in [0.1, 0.15) is 12.1 Å². The summed E-state index contributed by atoms with van der Waals surface area (Å²) >= 11 is 1.35. The number of nitrogens with one attached hydrogen (secondary N) is 1. The third-order valence-electron chi connectivity index (χ3n) is 2.39. The Balaban J connectivity index is 1.63. The van der Waals surface area contributed by atoms with Gasteiger partial charge >= 0.3 is 0 Å². The molecule has 0 bridgehead atoms. The van der Waals surface area contributed by atoms with E-state index in [1.807, 2.05) is 10.8 Å². The number of carbonyl (C=O) groups is 1. The molecule has 2 heterocycles. The summed E-state index contributed by atoms with van der Waals surface area (Å²) in [4.78, 5) is 19.6. The van der Waals surface area contributed by atoms with Crippen LogP contribution in [-0.2, 0) is 17.8 Å². The number of carbonyl (C=O) groups excluding carboxylic acids is 1. The molecule has 1 amide bonds. The standard InChI is InChI=1S/C11H15N5OS/c12-11-15-9(7-18-11)6-10(17)14-2-1-4-16-5-3-13-8-16/h3,5,7-8H,1-2,4,6H2,(H2,12,15)(H,14,17). The van der Waals surface area contributed by atoms with E-state index in [-0.39, 0.29) is 5.91 Å². The summed E-state index contributed by atoms with van der Waals surface area (Å²) in [6, 6.07) is 0. The van der Waals surface area contributed by atoms with Crippen LogP contribution in [0.4, 0.5) is 5.13 Å². The van der Waals surface area contributed by atoms with Gasteiger partial charge < -0.3 is 15.6 Å². The van der Waals surface area contributed by atoms with E-state index in [1.165, 1.54) is 11.3 Å². The van der Waals surface area contributed by atoms with Crippen LogP contribution in [0.25, 0.3) is 0 Å². The van der Waals surface area contributed by atoms with E-state index in [4.69, 9.17) is 5.73 Å². The Kier molecular flexibility index (Phi) is 4.30. The molecule has 2 rings (SSSR count). The number of rotatable bonds is 6. The number of imidazole rings is 1. The molecule has 2 aromatic rings. The van der Waals surface area contributed by atoms with Crippen molar-refractivity contribution in [2.75, 3.05) is 12.3 Å². The minimum atomic E-state index is -0.0223. The number of aryl methyl sites for hydroxylation is 1. The number of hydrogen-bond acceptors (Lipinski definition) is 5. The molecule has 2 aromatic heterocycles. The molecule has 0 fully saturated rings. The van der Waals surface area contributed by atoms with Crippen LogP contribution >= 0.6 is 11.3 Å². The number of nitrogen functional groups attached to an aromatic ring is 1. The Morgan fingerprint density at radius 3 is 3.11 bits per heavy atom. The van der Waals surface area contributed by atoms with Crippen LogP contribution in [0, 0.1) is 0 Å². The summed E-state index contributed by atoms with van der Waals surface area (Å²) in [6.07, 6.45) is 6.57. The number of hydrogen-bond donors (Lipinski definition) is 2. The Morgan fingerprint density at radius 2 is 2.44 bits per heavy atom. The molecule has 0 saturated heterocycles. The molecule has 0 aliphatic heterocycles. The average Bonchev–Trinajstić information content (AvgIpc) is 2.96. The molecular formula is C11H15N5OS. The number of anilines is 1. The van der Waals surface area contributed by atoms with Crippen LogP contribution in [0.3, 0.4) is 0 Å². The lowest BCUT2D eigenvalue weighted by Crippen LogP contribution is -2.26. The molecule has 7 heteroatoms. The van der Waals surface area contributed by atoms with E-state index in [9.17, 15) is 4.79 Å². The molecule has 6 nitrogen and oxygen atoms in total. The monoisotopic (exact) mass is 265 g/mol. The first kappa shape index (κ1) is 12.6. The summed E-state index contributed by atoms with van der Waals surface area (Å²) in [6.45, 7) is 1.50. The van der Waals surface area contributed by atoms with Crippen molar-refractivity contribution < 1.29 is 4.79 Å². The van der Waals surface area contributed by atoms with Gasteiger partial charge in [0.05, 0.1) is 18.4 Å². The summed E-state index contributed by atoms with van der Waals surface area (Å²) in [5.74, 6) is -0.0223. The fraction of sp³-hybridized carbons (Fsp3) is 0.364. The summed E-state index contributed by atoms with van der Waals surface area (Å²) in [5.41, 5.74) is 6.22. The third kappa shape index (κ3) is 3.85. The lowest BCUT2D eigenvalue weighted by molar-refractivity contribution is -0.120. The van der Waals surface area contributed by atoms with Crippen molar-refractivity contribution in [2.24, 2.45) is 0 Å². The topological polar surface area (TPSA) is 85.8 Å². The van der Waals surface area contributed by atoms with Gasteiger partial charge in [0.25, 0.3) is 0 Å². The summed E-state index contributed by atoms with van der Waals surface area (Å²) in [5, 5.41) is 5.16. The molecule has 18 heavy (non-hydrogen) atoms. The predicted octanol–water partition coefficient (Wildman–Crippen LogP) is 0.671. The van der Waals surface area contributed by atoms with E-state index < -0.39 is 0 Å². The normalized spacial score (nSPS) is 10.4. The molecule has 0 aliphatic rings. The lowest BCUT2D eigenvalue weighted by Gasteiger charge is -2.04. The molecule has 0 unspecified atom stereocenters. The van der Waals surface area contributed by atoms with Gasteiger partial charge in [0.1, 0.15) is 0 Å². The maximum absolute atomic E-state index is 11.6. The summed E-state index contributed by atoms with van der Waals surface area (Å²) in [7, 11) is 0. The van der Waals surface area contributed by atoms with Gasteiger partial charge in [0.15, 0.2) is 5.13 Å². The molecule has 0 atom stereocenters. The molecule has 0 aromatic carbocycles. The van der Waals surface area contributed by atoms with Crippen LogP contribution in [-0.4, -0.2) is 27.0 Å². The second kappa shape index (κ2) is 6.15. The fourth-order valence-electron chi connectivity index (χ4n) is 1.54. The number of nitrogens with zero attached hydrogens (tertiary/aromatic N) is 3. The largest absolute Gasteiger partial charge is 0.375 e. The van der Waals surface area contributed by atoms with E-state index in [2.05, 4.69) is 15.3 Å². The van der Waals surface area contributed by atoms with Gasteiger partial charge in [-0.2, -0.15) is 0 Å². The highest BCUT2D eigenvalue weighted by Gasteiger charge is 2.05. The van der Waals surface area contributed by atoms with E-state index >= 15 is 0 Å². The smallest absolute Gasteiger partial charge is 0.226 e. The zero-order valence-electron chi connectivity index (χ0n) is 9.87. The molecule has 0 aliphatic carbocycles. The number of thiazole rings is 1. The second-order valence-electron chi connectivity index (χ2n) is 3.86.